The standard InChI is InChI=1S/C28H30N2O3/c1-33-25-15-8-6-12-22(25)18-26(31)30-17-9-16-28(20-30,27(29)32)19-23-13-5-7-14-24(23)21-10-3-2-4-11-21/h2-8,10-15H,9,16-20H2,1H3,(H2,29,32)/t28-/m1/s1. The second kappa shape index (κ2) is 9.90. The normalized spacial score (nSPS) is 18.0. The van der Waals surface area contributed by atoms with E-state index in [9.17, 15) is 9.59 Å². The number of nitrogens with two attached hydrogens (primary N) is 1. The zero-order valence-electron chi connectivity index (χ0n) is 19.0. The molecule has 1 fully saturated rings. The number of piperidine rings is 1. The van der Waals surface area contributed by atoms with Gasteiger partial charge in [-0.2, -0.15) is 0 Å². The lowest BCUT2D eigenvalue weighted by Gasteiger charge is -2.41. The molecule has 1 heterocycles. The summed E-state index contributed by atoms with van der Waals surface area (Å²) in [5.41, 5.74) is 9.32. The first-order chi connectivity index (χ1) is 16.0. The molecule has 1 atom stereocenters. The number of methoxy groups -OCH3 is 1. The molecular formula is C28H30N2O3. The van der Waals surface area contributed by atoms with Crippen molar-refractivity contribution >= 4 is 11.8 Å². The fourth-order valence-electron chi connectivity index (χ4n) is 4.84. The lowest BCUT2D eigenvalue weighted by Crippen LogP contribution is -2.53. The maximum absolute atomic E-state index is 13.2. The van der Waals surface area contributed by atoms with E-state index in [1.165, 1.54) is 0 Å². The van der Waals surface area contributed by atoms with Gasteiger partial charge in [-0.25, -0.2) is 0 Å². The first kappa shape index (κ1) is 22.6. The van der Waals surface area contributed by atoms with E-state index >= 15 is 0 Å². The van der Waals surface area contributed by atoms with Crippen molar-refractivity contribution in [2.45, 2.75) is 25.7 Å². The summed E-state index contributed by atoms with van der Waals surface area (Å²) >= 11 is 0. The van der Waals surface area contributed by atoms with Crippen LogP contribution in [-0.2, 0) is 22.4 Å². The van der Waals surface area contributed by atoms with Crippen LogP contribution in [0.1, 0.15) is 24.0 Å². The molecule has 0 aliphatic carbocycles. The van der Waals surface area contributed by atoms with Crippen LogP contribution in [0.3, 0.4) is 0 Å². The number of benzene rings is 3. The lowest BCUT2D eigenvalue weighted by molar-refractivity contribution is -0.139. The van der Waals surface area contributed by atoms with Crippen molar-refractivity contribution in [3.63, 3.8) is 0 Å². The van der Waals surface area contributed by atoms with E-state index in [4.69, 9.17) is 10.5 Å². The van der Waals surface area contributed by atoms with Gasteiger partial charge in [0, 0.05) is 18.7 Å². The minimum Gasteiger partial charge on any atom is -0.496 e. The monoisotopic (exact) mass is 442 g/mol. The van der Waals surface area contributed by atoms with E-state index in [0.717, 1.165) is 28.7 Å². The van der Waals surface area contributed by atoms with Crippen molar-refractivity contribution < 1.29 is 14.3 Å². The topological polar surface area (TPSA) is 72.6 Å². The largest absolute Gasteiger partial charge is 0.496 e. The van der Waals surface area contributed by atoms with Gasteiger partial charge in [0.2, 0.25) is 11.8 Å². The molecule has 0 unspecified atom stereocenters. The summed E-state index contributed by atoms with van der Waals surface area (Å²) in [5.74, 6) is 0.335. The van der Waals surface area contributed by atoms with E-state index < -0.39 is 5.41 Å². The van der Waals surface area contributed by atoms with Crippen LogP contribution in [0.2, 0.25) is 0 Å². The summed E-state index contributed by atoms with van der Waals surface area (Å²) < 4.78 is 5.40. The van der Waals surface area contributed by atoms with E-state index in [0.29, 0.717) is 31.7 Å². The molecule has 3 aromatic rings. The Balaban J connectivity index is 1.58. The Hall–Kier alpha value is -3.60. The van der Waals surface area contributed by atoms with Gasteiger partial charge in [-0.05, 0) is 42.0 Å². The van der Waals surface area contributed by atoms with Gasteiger partial charge in [0.25, 0.3) is 0 Å². The Bertz CT molecular complexity index is 1130. The number of ether oxygens (including phenoxy) is 1. The number of hydrogen-bond donors (Lipinski definition) is 1. The van der Waals surface area contributed by atoms with Crippen LogP contribution in [0.25, 0.3) is 11.1 Å². The third-order valence-corrected chi connectivity index (χ3v) is 6.62. The molecule has 3 aromatic carbocycles. The van der Waals surface area contributed by atoms with Crippen molar-refractivity contribution in [3.8, 4) is 16.9 Å². The van der Waals surface area contributed by atoms with Gasteiger partial charge < -0.3 is 15.4 Å². The number of rotatable bonds is 7. The van der Waals surface area contributed by atoms with Crippen LogP contribution in [0, 0.1) is 5.41 Å². The maximum atomic E-state index is 13.2. The van der Waals surface area contributed by atoms with Gasteiger partial charge in [-0.1, -0.05) is 72.8 Å². The summed E-state index contributed by atoms with van der Waals surface area (Å²) in [6.45, 7) is 0.961. The van der Waals surface area contributed by atoms with Crippen LogP contribution in [0.4, 0.5) is 0 Å². The number of hydrogen-bond acceptors (Lipinski definition) is 3. The second-order valence-electron chi connectivity index (χ2n) is 8.75. The number of carbonyl (C=O) groups excluding carboxylic acids is 2. The Kier molecular flexibility index (Phi) is 6.78. The smallest absolute Gasteiger partial charge is 0.227 e. The molecule has 0 spiro atoms. The van der Waals surface area contributed by atoms with Gasteiger partial charge in [-0.15, -0.1) is 0 Å². The molecule has 1 aliphatic rings. The Labute approximate surface area is 195 Å². The molecule has 2 N–H and O–H groups in total. The van der Waals surface area contributed by atoms with E-state index in [2.05, 4.69) is 24.3 Å². The van der Waals surface area contributed by atoms with E-state index in [1.54, 1.807) is 12.0 Å². The van der Waals surface area contributed by atoms with E-state index in [-0.39, 0.29) is 18.2 Å². The molecular weight excluding hydrogens is 412 g/mol. The molecule has 2 amide bonds. The lowest BCUT2D eigenvalue weighted by atomic mass is 9.73. The maximum Gasteiger partial charge on any atom is 0.227 e. The number of primary amides is 1. The molecule has 170 valence electrons. The van der Waals surface area contributed by atoms with Gasteiger partial charge in [-0.3, -0.25) is 9.59 Å². The van der Waals surface area contributed by atoms with Gasteiger partial charge in [0.05, 0.1) is 18.9 Å². The third-order valence-electron chi connectivity index (χ3n) is 6.62. The highest BCUT2D eigenvalue weighted by Crippen LogP contribution is 2.37. The molecule has 5 nitrogen and oxygen atoms in total. The van der Waals surface area contributed by atoms with Crippen LogP contribution in [0.5, 0.6) is 5.75 Å². The summed E-state index contributed by atoms with van der Waals surface area (Å²) in [5, 5.41) is 0. The number of para-hydroxylation sites is 1. The molecule has 5 heteroatoms. The Morgan fingerprint density at radius 2 is 1.61 bits per heavy atom. The highest BCUT2D eigenvalue weighted by atomic mass is 16.5. The van der Waals surface area contributed by atoms with Gasteiger partial charge >= 0.3 is 0 Å². The number of likely N-dealkylation sites (tertiary alicyclic amines) is 1. The SMILES string of the molecule is COc1ccccc1CC(=O)N1CCC[C@](Cc2ccccc2-c2ccccc2)(C(N)=O)C1. The third kappa shape index (κ3) is 4.92. The van der Waals surface area contributed by atoms with Crippen LogP contribution < -0.4 is 10.5 Å². The molecule has 0 saturated carbocycles. The molecule has 0 aromatic heterocycles. The minimum atomic E-state index is -0.792. The van der Waals surface area contributed by atoms with Crippen molar-refractivity contribution in [3.05, 3.63) is 90.0 Å². The van der Waals surface area contributed by atoms with Crippen LogP contribution in [-0.4, -0.2) is 36.9 Å². The predicted octanol–water partition coefficient (Wildman–Crippen LogP) is 4.24. The molecule has 4 rings (SSSR count). The minimum absolute atomic E-state index is 0.0128. The highest BCUT2D eigenvalue weighted by molar-refractivity contribution is 5.85. The van der Waals surface area contributed by atoms with Gasteiger partial charge in [0.15, 0.2) is 0 Å². The Morgan fingerprint density at radius 1 is 0.939 bits per heavy atom. The number of carbonyl (C=O) groups is 2. The second-order valence-corrected chi connectivity index (χ2v) is 8.75. The summed E-state index contributed by atoms with van der Waals surface area (Å²) in [7, 11) is 1.60. The molecule has 0 bridgehead atoms. The first-order valence-electron chi connectivity index (χ1n) is 11.4. The average Bonchev–Trinajstić information content (AvgIpc) is 2.85. The first-order valence-corrected chi connectivity index (χ1v) is 11.4. The molecule has 0 radical (unpaired) electrons. The van der Waals surface area contributed by atoms with E-state index in [1.807, 2.05) is 54.6 Å². The van der Waals surface area contributed by atoms with Gasteiger partial charge in [0.1, 0.15) is 5.75 Å². The van der Waals surface area contributed by atoms with Crippen molar-refractivity contribution in [1.29, 1.82) is 0 Å². The summed E-state index contributed by atoms with van der Waals surface area (Å²) in [6, 6.07) is 25.8. The summed E-state index contributed by atoms with van der Waals surface area (Å²) in [6.07, 6.45) is 2.16. The van der Waals surface area contributed by atoms with Crippen LogP contribution in [0.15, 0.2) is 78.9 Å². The van der Waals surface area contributed by atoms with Crippen molar-refractivity contribution in [2.24, 2.45) is 11.1 Å². The zero-order valence-corrected chi connectivity index (χ0v) is 19.0. The Morgan fingerprint density at radius 3 is 2.33 bits per heavy atom. The van der Waals surface area contributed by atoms with Crippen molar-refractivity contribution in [2.75, 3.05) is 20.2 Å². The fourth-order valence-corrected chi connectivity index (χ4v) is 4.84. The molecule has 33 heavy (non-hydrogen) atoms. The van der Waals surface area contributed by atoms with Crippen LogP contribution >= 0.6 is 0 Å². The number of amides is 2. The number of nitrogens with zero attached hydrogens (tertiary/aromatic N) is 1. The molecule has 1 saturated heterocycles. The predicted molar refractivity (Wildman–Crippen MR) is 130 cm³/mol. The molecule has 1 aliphatic heterocycles. The zero-order chi connectivity index (χ0) is 23.3. The van der Waals surface area contributed by atoms with Crippen molar-refractivity contribution in [1.82, 2.24) is 4.90 Å². The average molecular weight is 443 g/mol. The quantitative estimate of drug-likeness (QED) is 0.595. The fraction of sp³-hybridized carbons (Fsp3) is 0.286. The highest BCUT2D eigenvalue weighted by Gasteiger charge is 2.42. The summed E-state index contributed by atoms with van der Waals surface area (Å²) in [4.78, 5) is 27.8.